The highest BCUT2D eigenvalue weighted by Gasteiger charge is 2.13. The predicted molar refractivity (Wildman–Crippen MR) is 115 cm³/mol. The number of halogens is 1. The van der Waals surface area contributed by atoms with E-state index in [4.69, 9.17) is 0 Å². The molecule has 26 heavy (non-hydrogen) atoms. The SMILES string of the molecule is Cc1cc(I)ccc1NC(=O)Cc1csc2nc(-c3ccccc3)cn12. The number of fused-ring (bicyclic) bond motifs is 1. The molecule has 0 aliphatic rings. The van der Waals surface area contributed by atoms with Gasteiger partial charge < -0.3 is 5.32 Å². The van der Waals surface area contributed by atoms with Crippen LogP contribution in [0.3, 0.4) is 0 Å². The lowest BCUT2D eigenvalue weighted by Gasteiger charge is -2.08. The normalized spacial score (nSPS) is 11.0. The maximum Gasteiger partial charge on any atom is 0.230 e. The van der Waals surface area contributed by atoms with Crippen molar-refractivity contribution in [2.75, 3.05) is 5.32 Å². The molecular weight excluding hydrogens is 457 g/mol. The molecule has 0 aliphatic heterocycles. The molecule has 4 rings (SSSR count). The Kier molecular flexibility index (Phi) is 4.78. The lowest BCUT2D eigenvalue weighted by molar-refractivity contribution is -0.115. The molecule has 0 fully saturated rings. The third kappa shape index (κ3) is 3.52. The van der Waals surface area contributed by atoms with Crippen LogP contribution in [0, 0.1) is 10.5 Å². The molecule has 6 heteroatoms. The molecule has 0 spiro atoms. The zero-order valence-corrected chi connectivity index (χ0v) is 17.0. The number of amides is 1. The van der Waals surface area contributed by atoms with Crippen molar-refractivity contribution in [1.82, 2.24) is 9.38 Å². The van der Waals surface area contributed by atoms with E-state index in [1.165, 1.54) is 0 Å². The molecule has 2 aromatic heterocycles. The molecule has 2 heterocycles. The van der Waals surface area contributed by atoms with Crippen LogP contribution in [0.15, 0.2) is 60.1 Å². The van der Waals surface area contributed by atoms with Crippen molar-refractivity contribution >= 4 is 50.5 Å². The van der Waals surface area contributed by atoms with E-state index in [9.17, 15) is 4.79 Å². The van der Waals surface area contributed by atoms with Gasteiger partial charge in [-0.1, -0.05) is 30.3 Å². The van der Waals surface area contributed by atoms with Gasteiger partial charge in [0.2, 0.25) is 5.91 Å². The van der Waals surface area contributed by atoms with Gasteiger partial charge in [-0.15, -0.1) is 11.3 Å². The molecule has 0 saturated carbocycles. The van der Waals surface area contributed by atoms with Crippen molar-refractivity contribution in [1.29, 1.82) is 0 Å². The lowest BCUT2D eigenvalue weighted by atomic mass is 10.2. The molecule has 1 amide bonds. The number of benzene rings is 2. The van der Waals surface area contributed by atoms with Crippen molar-refractivity contribution in [2.45, 2.75) is 13.3 Å². The van der Waals surface area contributed by atoms with E-state index in [1.54, 1.807) is 11.3 Å². The minimum atomic E-state index is -0.0241. The number of rotatable bonds is 4. The highest BCUT2D eigenvalue weighted by Crippen LogP contribution is 2.24. The van der Waals surface area contributed by atoms with Crippen molar-refractivity contribution in [2.24, 2.45) is 0 Å². The van der Waals surface area contributed by atoms with Crippen LogP contribution >= 0.6 is 33.9 Å². The summed E-state index contributed by atoms with van der Waals surface area (Å²) in [6.07, 6.45) is 2.32. The Bertz CT molecular complexity index is 1090. The number of aryl methyl sites for hydroxylation is 1. The Morgan fingerprint density at radius 2 is 2.04 bits per heavy atom. The average Bonchev–Trinajstić information content (AvgIpc) is 3.20. The summed E-state index contributed by atoms with van der Waals surface area (Å²) >= 11 is 3.82. The maximum atomic E-state index is 12.5. The summed E-state index contributed by atoms with van der Waals surface area (Å²) in [6.45, 7) is 2.00. The van der Waals surface area contributed by atoms with Crippen LogP contribution in [0.25, 0.3) is 16.2 Å². The molecule has 0 bridgehead atoms. The third-order valence-electron chi connectivity index (χ3n) is 4.16. The molecule has 1 N–H and O–H groups in total. The lowest BCUT2D eigenvalue weighted by Crippen LogP contribution is -2.16. The third-order valence-corrected chi connectivity index (χ3v) is 5.72. The zero-order valence-electron chi connectivity index (χ0n) is 14.1. The number of anilines is 1. The number of hydrogen-bond acceptors (Lipinski definition) is 3. The van der Waals surface area contributed by atoms with E-state index in [2.05, 4.69) is 39.0 Å². The molecule has 0 unspecified atom stereocenters. The van der Waals surface area contributed by atoms with Crippen molar-refractivity contribution in [3.8, 4) is 11.3 Å². The number of imidazole rings is 1. The number of carbonyl (C=O) groups is 1. The Balaban J connectivity index is 1.55. The average molecular weight is 473 g/mol. The fraction of sp³-hybridized carbons (Fsp3) is 0.100. The van der Waals surface area contributed by atoms with Gasteiger partial charge in [0.25, 0.3) is 0 Å². The maximum absolute atomic E-state index is 12.5. The summed E-state index contributed by atoms with van der Waals surface area (Å²) in [7, 11) is 0. The first-order valence-corrected chi connectivity index (χ1v) is 10.1. The van der Waals surface area contributed by atoms with Gasteiger partial charge in [-0.3, -0.25) is 9.20 Å². The number of aromatic nitrogens is 2. The van der Waals surface area contributed by atoms with Gasteiger partial charge in [0.1, 0.15) is 0 Å². The first-order valence-electron chi connectivity index (χ1n) is 8.17. The van der Waals surface area contributed by atoms with Crippen LogP contribution in [0.4, 0.5) is 5.69 Å². The van der Waals surface area contributed by atoms with Gasteiger partial charge in [-0.2, -0.15) is 0 Å². The molecule has 0 saturated heterocycles. The summed E-state index contributed by atoms with van der Waals surface area (Å²) < 4.78 is 3.16. The molecule has 130 valence electrons. The quantitative estimate of drug-likeness (QED) is 0.417. The second kappa shape index (κ2) is 7.20. The van der Waals surface area contributed by atoms with E-state index >= 15 is 0 Å². The van der Waals surface area contributed by atoms with E-state index in [0.29, 0.717) is 6.42 Å². The summed E-state index contributed by atoms with van der Waals surface area (Å²) in [5, 5.41) is 5.01. The highest BCUT2D eigenvalue weighted by molar-refractivity contribution is 14.1. The van der Waals surface area contributed by atoms with Crippen LogP contribution in [-0.4, -0.2) is 15.3 Å². The van der Waals surface area contributed by atoms with Gasteiger partial charge in [0.05, 0.1) is 12.1 Å². The number of hydrogen-bond donors (Lipinski definition) is 1. The fourth-order valence-electron chi connectivity index (χ4n) is 2.83. The summed E-state index contributed by atoms with van der Waals surface area (Å²) in [5.74, 6) is -0.0241. The van der Waals surface area contributed by atoms with Crippen LogP contribution < -0.4 is 5.32 Å². The number of nitrogens with zero attached hydrogens (tertiary/aromatic N) is 2. The highest BCUT2D eigenvalue weighted by atomic mass is 127. The van der Waals surface area contributed by atoms with Gasteiger partial charge in [-0.05, 0) is 53.3 Å². The molecule has 2 aromatic carbocycles. The number of thiazole rings is 1. The second-order valence-corrected chi connectivity index (χ2v) is 8.14. The van der Waals surface area contributed by atoms with Gasteiger partial charge >= 0.3 is 0 Å². The fourth-order valence-corrected chi connectivity index (χ4v) is 4.35. The molecule has 4 nitrogen and oxygen atoms in total. The molecule has 0 aliphatic carbocycles. The number of carbonyl (C=O) groups excluding carboxylic acids is 1. The van der Waals surface area contributed by atoms with Gasteiger partial charge in [0, 0.05) is 32.1 Å². The van der Waals surface area contributed by atoms with Crippen LogP contribution in [0.2, 0.25) is 0 Å². The Morgan fingerprint density at radius 3 is 2.81 bits per heavy atom. The zero-order chi connectivity index (χ0) is 18.1. The minimum absolute atomic E-state index is 0.0241. The predicted octanol–water partition coefficient (Wildman–Crippen LogP) is 5.16. The monoisotopic (exact) mass is 473 g/mol. The molecule has 4 aromatic rings. The topological polar surface area (TPSA) is 46.4 Å². The van der Waals surface area contributed by atoms with Crippen molar-refractivity contribution in [3.63, 3.8) is 0 Å². The minimum Gasteiger partial charge on any atom is -0.326 e. The standard InChI is InChI=1S/C20H16IN3OS/c1-13-9-15(21)7-8-17(13)22-19(25)10-16-12-26-20-23-18(11-24(16)20)14-5-3-2-4-6-14/h2-9,11-12H,10H2,1H3,(H,22,25). The van der Waals surface area contributed by atoms with Crippen LogP contribution in [0.5, 0.6) is 0 Å². The molecule has 0 radical (unpaired) electrons. The van der Waals surface area contributed by atoms with Gasteiger partial charge in [0.15, 0.2) is 4.96 Å². The largest absolute Gasteiger partial charge is 0.326 e. The van der Waals surface area contributed by atoms with Crippen LogP contribution in [0.1, 0.15) is 11.3 Å². The van der Waals surface area contributed by atoms with Crippen molar-refractivity contribution < 1.29 is 4.79 Å². The van der Waals surface area contributed by atoms with Gasteiger partial charge in [-0.25, -0.2) is 4.98 Å². The smallest absolute Gasteiger partial charge is 0.230 e. The summed E-state index contributed by atoms with van der Waals surface area (Å²) in [6, 6.07) is 16.1. The Hall–Kier alpha value is -2.19. The summed E-state index contributed by atoms with van der Waals surface area (Å²) in [4.78, 5) is 18.1. The second-order valence-electron chi connectivity index (χ2n) is 6.06. The van der Waals surface area contributed by atoms with E-state index in [-0.39, 0.29) is 5.91 Å². The first kappa shape index (κ1) is 17.2. The van der Waals surface area contributed by atoms with Crippen LogP contribution in [-0.2, 0) is 11.2 Å². The summed E-state index contributed by atoms with van der Waals surface area (Å²) in [5.41, 5.74) is 4.87. The van der Waals surface area contributed by atoms with E-state index in [1.807, 2.05) is 65.4 Å². The molecule has 0 atom stereocenters. The van der Waals surface area contributed by atoms with E-state index < -0.39 is 0 Å². The first-order chi connectivity index (χ1) is 12.6. The molecular formula is C20H16IN3OS. The Morgan fingerprint density at radius 1 is 1.23 bits per heavy atom. The Labute approximate surface area is 169 Å². The van der Waals surface area contributed by atoms with E-state index in [0.717, 1.165) is 36.7 Å². The van der Waals surface area contributed by atoms with Crippen molar-refractivity contribution in [3.05, 3.63) is 74.9 Å². The number of nitrogens with one attached hydrogen (secondary N) is 1.